The summed E-state index contributed by atoms with van der Waals surface area (Å²) in [6, 6.07) is 6.96. The fourth-order valence-corrected chi connectivity index (χ4v) is 2.90. The van der Waals surface area contributed by atoms with Gasteiger partial charge in [0.15, 0.2) is 0 Å². The number of hydrogen-bond acceptors (Lipinski definition) is 3. The number of carbonyl (C=O) groups is 2. The van der Waals surface area contributed by atoms with Gasteiger partial charge in [0.2, 0.25) is 5.91 Å². The number of alkyl halides is 3. The van der Waals surface area contributed by atoms with E-state index in [0.29, 0.717) is 29.1 Å². The number of amides is 1. The fraction of sp³-hybridized carbons (Fsp3) is 0.421. The first-order chi connectivity index (χ1) is 13.0. The highest BCUT2D eigenvalue weighted by molar-refractivity contribution is 5.94. The summed E-state index contributed by atoms with van der Waals surface area (Å²) in [6.45, 7) is 1.89. The largest absolute Gasteiger partial charge is 0.481 e. The molecule has 0 unspecified atom stereocenters. The van der Waals surface area contributed by atoms with Crippen molar-refractivity contribution in [1.29, 1.82) is 0 Å². The van der Waals surface area contributed by atoms with Crippen molar-refractivity contribution in [3.8, 4) is 0 Å². The van der Waals surface area contributed by atoms with Gasteiger partial charge in [0.1, 0.15) is 6.54 Å². The standard InChI is InChI=1S/C19H22F3N3O3/c1-12-16(13(2)25(23-12)11-19(20,21)22)10-17(26)24(3)15-6-4-5-14(9-15)7-8-18(27)28/h4-6,9H,7-8,10-11H2,1-3H3,(H,27,28). The van der Waals surface area contributed by atoms with Gasteiger partial charge < -0.3 is 10.0 Å². The Morgan fingerprint density at radius 2 is 1.93 bits per heavy atom. The molecular formula is C19H22F3N3O3. The number of carboxylic acids is 1. The third-order valence-corrected chi connectivity index (χ3v) is 4.49. The number of likely N-dealkylation sites (N-methyl/N-ethyl adjacent to an activating group) is 1. The van der Waals surface area contributed by atoms with Crippen molar-refractivity contribution in [1.82, 2.24) is 9.78 Å². The molecule has 1 heterocycles. The molecule has 0 saturated heterocycles. The van der Waals surface area contributed by atoms with Crippen LogP contribution in [0.25, 0.3) is 0 Å². The normalized spacial score (nSPS) is 11.5. The number of aliphatic carboxylic acids is 1. The molecule has 1 aromatic carbocycles. The molecule has 6 nitrogen and oxygen atoms in total. The Morgan fingerprint density at radius 1 is 1.25 bits per heavy atom. The number of benzene rings is 1. The van der Waals surface area contributed by atoms with Crippen LogP contribution >= 0.6 is 0 Å². The van der Waals surface area contributed by atoms with Gasteiger partial charge in [0.25, 0.3) is 0 Å². The van der Waals surface area contributed by atoms with Crippen LogP contribution in [-0.2, 0) is 29.0 Å². The van der Waals surface area contributed by atoms with Crippen LogP contribution in [0.15, 0.2) is 24.3 Å². The van der Waals surface area contributed by atoms with E-state index in [1.54, 1.807) is 38.2 Å². The third kappa shape index (κ3) is 5.58. The summed E-state index contributed by atoms with van der Waals surface area (Å²) in [5.41, 5.74) is 2.55. The number of aromatic nitrogens is 2. The van der Waals surface area contributed by atoms with Crippen molar-refractivity contribution < 1.29 is 27.9 Å². The van der Waals surface area contributed by atoms with E-state index in [1.165, 1.54) is 11.8 Å². The highest BCUT2D eigenvalue weighted by Gasteiger charge is 2.30. The van der Waals surface area contributed by atoms with E-state index in [4.69, 9.17) is 5.11 Å². The SMILES string of the molecule is Cc1nn(CC(F)(F)F)c(C)c1CC(=O)N(C)c1cccc(CCC(=O)O)c1. The molecule has 0 aliphatic rings. The van der Waals surface area contributed by atoms with Crippen molar-refractivity contribution >= 4 is 17.6 Å². The molecule has 9 heteroatoms. The monoisotopic (exact) mass is 397 g/mol. The van der Waals surface area contributed by atoms with Crippen LogP contribution in [0.1, 0.15) is 28.9 Å². The van der Waals surface area contributed by atoms with Gasteiger partial charge in [0, 0.05) is 30.4 Å². The Bertz CT molecular complexity index is 875. The Kier molecular flexibility index (Phi) is 6.48. The molecule has 0 atom stereocenters. The first kappa shape index (κ1) is 21.5. The molecule has 1 aromatic heterocycles. The van der Waals surface area contributed by atoms with Gasteiger partial charge in [-0.05, 0) is 38.0 Å². The second kappa shape index (κ2) is 8.45. The van der Waals surface area contributed by atoms with Gasteiger partial charge in [-0.1, -0.05) is 12.1 Å². The lowest BCUT2D eigenvalue weighted by atomic mass is 10.1. The molecule has 28 heavy (non-hydrogen) atoms. The van der Waals surface area contributed by atoms with Crippen molar-refractivity contribution in [2.24, 2.45) is 0 Å². The van der Waals surface area contributed by atoms with Crippen LogP contribution in [0.3, 0.4) is 0 Å². The van der Waals surface area contributed by atoms with Gasteiger partial charge in [-0.25, -0.2) is 0 Å². The van der Waals surface area contributed by atoms with Crippen LogP contribution in [-0.4, -0.2) is 40.0 Å². The zero-order valence-corrected chi connectivity index (χ0v) is 15.9. The first-order valence-electron chi connectivity index (χ1n) is 8.65. The van der Waals surface area contributed by atoms with E-state index in [2.05, 4.69) is 5.10 Å². The number of halogens is 3. The predicted octanol–water partition coefficient (Wildman–Crippen LogP) is 3.28. The first-order valence-corrected chi connectivity index (χ1v) is 8.65. The molecule has 0 aliphatic heterocycles. The van der Waals surface area contributed by atoms with Crippen LogP contribution in [0.4, 0.5) is 18.9 Å². The summed E-state index contributed by atoms with van der Waals surface area (Å²) in [4.78, 5) is 24.8. The van der Waals surface area contributed by atoms with Gasteiger partial charge >= 0.3 is 12.1 Å². The molecule has 152 valence electrons. The van der Waals surface area contributed by atoms with Crippen molar-refractivity contribution in [3.63, 3.8) is 0 Å². The number of hydrogen-bond donors (Lipinski definition) is 1. The molecule has 0 fully saturated rings. The van der Waals surface area contributed by atoms with E-state index in [0.717, 1.165) is 10.2 Å². The zero-order valence-electron chi connectivity index (χ0n) is 15.9. The smallest absolute Gasteiger partial charge is 0.408 e. The molecule has 1 N–H and O–H groups in total. The maximum Gasteiger partial charge on any atom is 0.408 e. The number of aryl methyl sites for hydroxylation is 2. The minimum absolute atomic E-state index is 0.0160. The third-order valence-electron chi connectivity index (χ3n) is 4.49. The topological polar surface area (TPSA) is 75.4 Å². The van der Waals surface area contributed by atoms with Gasteiger partial charge in [-0.3, -0.25) is 14.3 Å². The van der Waals surface area contributed by atoms with E-state index >= 15 is 0 Å². The Morgan fingerprint density at radius 3 is 2.54 bits per heavy atom. The van der Waals surface area contributed by atoms with Crippen LogP contribution in [0, 0.1) is 13.8 Å². The van der Waals surface area contributed by atoms with Gasteiger partial charge in [-0.15, -0.1) is 0 Å². The molecule has 0 bridgehead atoms. The molecule has 1 amide bonds. The maximum absolute atomic E-state index is 12.7. The lowest BCUT2D eigenvalue weighted by molar-refractivity contribution is -0.143. The average Bonchev–Trinajstić information content (AvgIpc) is 2.85. The highest BCUT2D eigenvalue weighted by atomic mass is 19.4. The molecule has 0 aliphatic carbocycles. The van der Waals surface area contributed by atoms with Gasteiger partial charge in [-0.2, -0.15) is 18.3 Å². The fourth-order valence-electron chi connectivity index (χ4n) is 2.90. The summed E-state index contributed by atoms with van der Waals surface area (Å²) in [5.74, 6) is -1.20. The second-order valence-corrected chi connectivity index (χ2v) is 6.62. The molecule has 2 aromatic rings. The van der Waals surface area contributed by atoms with Gasteiger partial charge in [0.05, 0.1) is 12.1 Å². The van der Waals surface area contributed by atoms with Crippen LogP contribution < -0.4 is 4.90 Å². The molecule has 0 saturated carbocycles. The average molecular weight is 397 g/mol. The van der Waals surface area contributed by atoms with Crippen molar-refractivity contribution in [2.75, 3.05) is 11.9 Å². The lowest BCUT2D eigenvalue weighted by Gasteiger charge is -2.18. The summed E-state index contributed by atoms with van der Waals surface area (Å²) in [6.07, 6.45) is -4.14. The predicted molar refractivity (Wildman–Crippen MR) is 97.3 cm³/mol. The lowest BCUT2D eigenvalue weighted by Crippen LogP contribution is -2.28. The molecule has 2 rings (SSSR count). The summed E-state index contributed by atoms with van der Waals surface area (Å²) >= 11 is 0. The summed E-state index contributed by atoms with van der Waals surface area (Å²) in [7, 11) is 1.57. The van der Waals surface area contributed by atoms with Crippen LogP contribution in [0.5, 0.6) is 0 Å². The second-order valence-electron chi connectivity index (χ2n) is 6.62. The number of carbonyl (C=O) groups excluding carboxylic acids is 1. The minimum atomic E-state index is -4.39. The van der Waals surface area contributed by atoms with E-state index < -0.39 is 18.7 Å². The minimum Gasteiger partial charge on any atom is -0.481 e. The molecular weight excluding hydrogens is 375 g/mol. The number of rotatable bonds is 7. The maximum atomic E-state index is 12.7. The van der Waals surface area contributed by atoms with E-state index in [1.807, 2.05) is 0 Å². The Labute approximate surface area is 160 Å². The molecule has 0 radical (unpaired) electrons. The Balaban J connectivity index is 2.15. The van der Waals surface area contributed by atoms with Crippen molar-refractivity contribution in [3.05, 3.63) is 46.8 Å². The number of anilines is 1. The van der Waals surface area contributed by atoms with E-state index in [-0.39, 0.29) is 18.7 Å². The summed E-state index contributed by atoms with van der Waals surface area (Å²) in [5, 5.41) is 12.7. The zero-order chi connectivity index (χ0) is 21.1. The highest BCUT2D eigenvalue weighted by Crippen LogP contribution is 2.23. The molecule has 0 spiro atoms. The van der Waals surface area contributed by atoms with Crippen molar-refractivity contribution in [2.45, 2.75) is 45.8 Å². The quantitative estimate of drug-likeness (QED) is 0.778. The number of carboxylic acid groups (broad SMARTS) is 1. The Hall–Kier alpha value is -2.84. The number of nitrogens with zero attached hydrogens (tertiary/aromatic N) is 3. The van der Waals surface area contributed by atoms with E-state index in [9.17, 15) is 22.8 Å². The van der Waals surface area contributed by atoms with Crippen LogP contribution in [0.2, 0.25) is 0 Å². The summed E-state index contributed by atoms with van der Waals surface area (Å²) < 4.78 is 38.8.